The van der Waals surface area contributed by atoms with Crippen LogP contribution in [0.3, 0.4) is 0 Å². The number of amides is 1. The molecule has 5 nitrogen and oxygen atoms in total. The van der Waals surface area contributed by atoms with Crippen LogP contribution in [0.4, 0.5) is 0 Å². The van der Waals surface area contributed by atoms with Crippen molar-refractivity contribution in [1.82, 2.24) is 4.57 Å². The summed E-state index contributed by atoms with van der Waals surface area (Å²) in [7, 11) is -3.26. The fourth-order valence-corrected chi connectivity index (χ4v) is 3.68. The van der Waals surface area contributed by atoms with Crippen LogP contribution in [0.2, 0.25) is 0 Å². The van der Waals surface area contributed by atoms with Crippen molar-refractivity contribution in [2.24, 2.45) is 4.99 Å². The number of carbonyl (C=O) groups is 1. The summed E-state index contributed by atoms with van der Waals surface area (Å²) in [5, 5.41) is 0. The maximum Gasteiger partial charge on any atom is 0.248 e. The Kier molecular flexibility index (Phi) is 4.43. The number of sulfone groups is 1. The van der Waals surface area contributed by atoms with E-state index >= 15 is 0 Å². The molecule has 0 aliphatic carbocycles. The molecule has 0 bridgehead atoms. The quantitative estimate of drug-likeness (QED) is 0.809. The van der Waals surface area contributed by atoms with Gasteiger partial charge < -0.3 is 4.57 Å². The Balaban J connectivity index is 2.76. The maximum atomic E-state index is 11.6. The number of allylic oxidation sites excluding steroid dienone is 1. The largest absolute Gasteiger partial charge is 0.313 e. The normalized spacial score (nSPS) is 12.8. The molecule has 0 N–H and O–H groups in total. The zero-order valence-corrected chi connectivity index (χ0v) is 13.5. The lowest BCUT2D eigenvalue weighted by Gasteiger charge is -2.02. The first-order valence-corrected chi connectivity index (χ1v) is 9.09. The van der Waals surface area contributed by atoms with Gasteiger partial charge in [-0.3, -0.25) is 4.79 Å². The van der Waals surface area contributed by atoms with Crippen molar-refractivity contribution < 1.29 is 13.2 Å². The van der Waals surface area contributed by atoms with E-state index in [2.05, 4.69) is 11.6 Å². The van der Waals surface area contributed by atoms with Crippen LogP contribution in [-0.2, 0) is 21.2 Å². The molecule has 0 spiro atoms. The third-order valence-corrected chi connectivity index (χ3v) is 5.07. The average molecular weight is 324 g/mol. The van der Waals surface area contributed by atoms with Crippen LogP contribution in [0.25, 0.3) is 10.2 Å². The number of thiazole rings is 1. The lowest BCUT2D eigenvalue weighted by Crippen LogP contribution is -2.15. The third-order valence-electron chi connectivity index (χ3n) is 2.92. The number of rotatable bonds is 4. The summed E-state index contributed by atoms with van der Waals surface area (Å²) in [6.45, 7) is 5.96. The first-order valence-electron chi connectivity index (χ1n) is 6.38. The van der Waals surface area contributed by atoms with Crippen LogP contribution >= 0.6 is 11.3 Å². The molecule has 0 unspecified atom stereocenters. The summed E-state index contributed by atoms with van der Waals surface area (Å²) < 4.78 is 25.9. The molecule has 21 heavy (non-hydrogen) atoms. The van der Waals surface area contributed by atoms with Crippen LogP contribution in [0.15, 0.2) is 40.7 Å². The third kappa shape index (κ3) is 3.30. The topological polar surface area (TPSA) is 68.5 Å². The minimum atomic E-state index is -3.26. The van der Waals surface area contributed by atoms with Gasteiger partial charge in [-0.05, 0) is 18.2 Å². The molecule has 0 saturated heterocycles. The van der Waals surface area contributed by atoms with E-state index in [0.717, 1.165) is 10.2 Å². The van der Waals surface area contributed by atoms with E-state index in [1.807, 2.05) is 4.57 Å². The number of nitrogens with zero attached hydrogens (tertiary/aromatic N) is 2. The van der Waals surface area contributed by atoms with E-state index in [4.69, 9.17) is 0 Å². The number of hydrogen-bond donors (Lipinski definition) is 0. The molecule has 7 heteroatoms. The van der Waals surface area contributed by atoms with Crippen LogP contribution in [0.5, 0.6) is 0 Å². The minimum Gasteiger partial charge on any atom is -0.313 e. The minimum absolute atomic E-state index is 0.206. The molecular weight excluding hydrogens is 308 g/mol. The molecule has 1 aromatic heterocycles. The molecule has 112 valence electrons. The number of fused-ring (bicyclic) bond motifs is 1. The summed E-state index contributed by atoms with van der Waals surface area (Å²) in [5.41, 5.74) is 0.843. The van der Waals surface area contributed by atoms with Gasteiger partial charge >= 0.3 is 0 Å². The average Bonchev–Trinajstić information content (AvgIpc) is 2.75. The molecule has 2 rings (SSSR count). The van der Waals surface area contributed by atoms with Gasteiger partial charge in [0, 0.05) is 19.2 Å². The summed E-state index contributed by atoms with van der Waals surface area (Å²) in [6, 6.07) is 4.92. The number of carbonyl (C=O) groups excluding carboxylic acids is 1. The smallest absolute Gasteiger partial charge is 0.248 e. The second-order valence-corrected chi connectivity index (χ2v) is 7.57. The van der Waals surface area contributed by atoms with Crippen molar-refractivity contribution in [3.63, 3.8) is 0 Å². The standard InChI is InChI=1S/C14H16N2O3S2/c1-4-8-16-11-7-6-10(21(3,18)19)9-12(11)20-14(16)15-13(17)5-2/h4,6-7,9H,1,5,8H2,2-3H3. The van der Waals surface area contributed by atoms with Gasteiger partial charge in [-0.25, -0.2) is 8.42 Å². The summed E-state index contributed by atoms with van der Waals surface area (Å²) in [5.74, 6) is -0.206. The van der Waals surface area contributed by atoms with Crippen molar-refractivity contribution in [2.75, 3.05) is 6.26 Å². The Labute approximate surface area is 127 Å². The van der Waals surface area contributed by atoms with E-state index in [9.17, 15) is 13.2 Å². The molecule has 0 aliphatic rings. The first-order chi connectivity index (χ1) is 9.86. The molecule has 2 aromatic rings. The van der Waals surface area contributed by atoms with E-state index in [1.165, 1.54) is 17.6 Å². The van der Waals surface area contributed by atoms with Crippen molar-refractivity contribution in [3.8, 4) is 0 Å². The van der Waals surface area contributed by atoms with Gasteiger partial charge in [0.15, 0.2) is 14.6 Å². The number of benzene rings is 1. The van der Waals surface area contributed by atoms with Crippen LogP contribution < -0.4 is 4.80 Å². The van der Waals surface area contributed by atoms with Gasteiger partial charge in [0.05, 0.1) is 15.1 Å². The predicted molar refractivity (Wildman–Crippen MR) is 84.0 cm³/mol. The number of aromatic nitrogens is 1. The van der Waals surface area contributed by atoms with E-state index < -0.39 is 9.84 Å². The highest BCUT2D eigenvalue weighted by molar-refractivity contribution is 7.90. The van der Waals surface area contributed by atoms with Crippen molar-refractivity contribution in [1.29, 1.82) is 0 Å². The second-order valence-electron chi connectivity index (χ2n) is 4.54. The first kappa shape index (κ1) is 15.7. The molecule has 0 aliphatic heterocycles. The molecule has 0 radical (unpaired) electrons. The van der Waals surface area contributed by atoms with Gasteiger partial charge in [0.1, 0.15) is 0 Å². The van der Waals surface area contributed by atoms with E-state index in [1.54, 1.807) is 31.2 Å². The highest BCUT2D eigenvalue weighted by atomic mass is 32.2. The second kappa shape index (κ2) is 5.95. The van der Waals surface area contributed by atoms with Crippen molar-refractivity contribution in [3.05, 3.63) is 35.7 Å². The lowest BCUT2D eigenvalue weighted by atomic mass is 10.3. The zero-order chi connectivity index (χ0) is 15.6. The van der Waals surface area contributed by atoms with Crippen LogP contribution in [0.1, 0.15) is 13.3 Å². The molecule has 0 atom stereocenters. The fraction of sp³-hybridized carbons (Fsp3) is 0.286. The monoisotopic (exact) mass is 324 g/mol. The molecular formula is C14H16N2O3S2. The van der Waals surface area contributed by atoms with E-state index in [0.29, 0.717) is 17.8 Å². The Morgan fingerprint density at radius 2 is 2.19 bits per heavy atom. The van der Waals surface area contributed by atoms with Gasteiger partial charge in [0.2, 0.25) is 5.91 Å². The molecule has 1 amide bonds. The van der Waals surface area contributed by atoms with Crippen LogP contribution in [-0.4, -0.2) is 25.1 Å². The Hall–Kier alpha value is -1.73. The molecule has 0 fully saturated rings. The van der Waals surface area contributed by atoms with Crippen LogP contribution in [0, 0.1) is 0 Å². The summed E-state index contributed by atoms with van der Waals surface area (Å²) in [4.78, 5) is 16.4. The lowest BCUT2D eigenvalue weighted by molar-refractivity contribution is -0.117. The zero-order valence-electron chi connectivity index (χ0n) is 11.9. The molecule has 1 heterocycles. The SMILES string of the molecule is C=CCn1c(=NC(=O)CC)sc2cc(S(C)(=O)=O)ccc21. The van der Waals surface area contributed by atoms with Gasteiger partial charge in [-0.15, -0.1) is 6.58 Å². The van der Waals surface area contributed by atoms with Crippen molar-refractivity contribution >= 4 is 37.3 Å². The summed E-state index contributed by atoms with van der Waals surface area (Å²) in [6.07, 6.45) is 3.22. The molecule has 0 saturated carbocycles. The van der Waals surface area contributed by atoms with E-state index in [-0.39, 0.29) is 10.8 Å². The Morgan fingerprint density at radius 1 is 1.48 bits per heavy atom. The number of hydrogen-bond acceptors (Lipinski definition) is 4. The van der Waals surface area contributed by atoms with Gasteiger partial charge in [-0.2, -0.15) is 4.99 Å². The Bertz CT molecular complexity index is 873. The predicted octanol–water partition coefficient (Wildman–Crippen LogP) is 2.13. The molecule has 1 aromatic carbocycles. The van der Waals surface area contributed by atoms with Crippen molar-refractivity contribution in [2.45, 2.75) is 24.8 Å². The Morgan fingerprint density at radius 3 is 2.76 bits per heavy atom. The van der Waals surface area contributed by atoms with Gasteiger partial charge in [-0.1, -0.05) is 24.3 Å². The summed E-state index contributed by atoms with van der Waals surface area (Å²) >= 11 is 1.30. The highest BCUT2D eigenvalue weighted by Crippen LogP contribution is 2.22. The maximum absolute atomic E-state index is 11.6. The highest BCUT2D eigenvalue weighted by Gasteiger charge is 2.12. The fourth-order valence-electron chi connectivity index (χ4n) is 1.86. The van der Waals surface area contributed by atoms with Gasteiger partial charge in [0.25, 0.3) is 0 Å².